The molecule has 1 aliphatic heterocycles. The van der Waals surface area contributed by atoms with Gasteiger partial charge < -0.3 is 4.74 Å². The number of hydrogen-bond acceptors (Lipinski definition) is 3. The van der Waals surface area contributed by atoms with Crippen LogP contribution in [0.1, 0.15) is 5.56 Å². The van der Waals surface area contributed by atoms with Gasteiger partial charge in [-0.25, -0.2) is 0 Å². The molecule has 4 heteroatoms. The number of nitro groups is 1. The molecule has 0 saturated carbocycles. The monoisotopic (exact) mass is 255 g/mol. The van der Waals surface area contributed by atoms with Crippen LogP contribution in [0.4, 0.5) is 0 Å². The van der Waals surface area contributed by atoms with Crippen LogP contribution in [0.2, 0.25) is 0 Å². The lowest BCUT2D eigenvalue weighted by molar-refractivity contribution is -0.573. The van der Waals surface area contributed by atoms with Gasteiger partial charge in [0.2, 0.25) is 0 Å². The van der Waals surface area contributed by atoms with Crippen LogP contribution >= 0.6 is 0 Å². The molecule has 2 atom stereocenters. The van der Waals surface area contributed by atoms with Crippen molar-refractivity contribution in [1.82, 2.24) is 0 Å². The number of ether oxygens (including phenoxy) is 1. The van der Waals surface area contributed by atoms with E-state index in [4.69, 9.17) is 4.74 Å². The highest BCUT2D eigenvalue weighted by Gasteiger charge is 2.34. The van der Waals surface area contributed by atoms with E-state index in [1.807, 2.05) is 42.5 Å². The van der Waals surface area contributed by atoms with Crippen molar-refractivity contribution >= 4 is 10.8 Å². The molecule has 0 bridgehead atoms. The average molecular weight is 255 g/mol. The van der Waals surface area contributed by atoms with E-state index in [0.717, 1.165) is 16.3 Å². The Bertz CT molecular complexity index is 645. The largest absolute Gasteiger partial charge is 0.438 e. The van der Waals surface area contributed by atoms with Gasteiger partial charge in [-0.15, -0.1) is 0 Å². The van der Waals surface area contributed by atoms with E-state index in [1.165, 1.54) is 6.26 Å². The zero-order chi connectivity index (χ0) is 13.2. The summed E-state index contributed by atoms with van der Waals surface area (Å²) in [6.45, 7) is 0. The molecule has 0 spiro atoms. The van der Waals surface area contributed by atoms with Gasteiger partial charge in [0.1, 0.15) is 0 Å². The predicted molar refractivity (Wildman–Crippen MR) is 72.1 cm³/mol. The summed E-state index contributed by atoms with van der Waals surface area (Å²) in [5.41, 5.74) is 1.12. The predicted octanol–water partition coefficient (Wildman–Crippen LogP) is 3.15. The van der Waals surface area contributed by atoms with Gasteiger partial charge in [-0.05, 0) is 28.8 Å². The highest BCUT2D eigenvalue weighted by Crippen LogP contribution is 2.26. The first-order chi connectivity index (χ1) is 9.25. The van der Waals surface area contributed by atoms with E-state index in [2.05, 4.69) is 0 Å². The van der Waals surface area contributed by atoms with Gasteiger partial charge in [0.25, 0.3) is 0 Å². The third-order valence-electron chi connectivity index (χ3n) is 3.45. The fourth-order valence-corrected chi connectivity index (χ4v) is 2.52. The Balaban J connectivity index is 1.93. The van der Waals surface area contributed by atoms with Crippen molar-refractivity contribution in [2.75, 3.05) is 0 Å². The fourth-order valence-electron chi connectivity index (χ4n) is 2.52. The second-order valence-corrected chi connectivity index (χ2v) is 4.65. The summed E-state index contributed by atoms with van der Waals surface area (Å²) in [7, 11) is 0. The van der Waals surface area contributed by atoms with Crippen molar-refractivity contribution in [2.45, 2.75) is 12.6 Å². The third-order valence-corrected chi connectivity index (χ3v) is 3.45. The first kappa shape index (κ1) is 11.7. The summed E-state index contributed by atoms with van der Waals surface area (Å²) in [5.74, 6) is -0.208. The molecule has 0 amide bonds. The van der Waals surface area contributed by atoms with Gasteiger partial charge in [0.15, 0.2) is 0 Å². The van der Waals surface area contributed by atoms with Crippen LogP contribution in [-0.2, 0) is 11.2 Å². The molecule has 0 fully saturated rings. The van der Waals surface area contributed by atoms with Crippen molar-refractivity contribution in [1.29, 1.82) is 0 Å². The van der Waals surface area contributed by atoms with Gasteiger partial charge in [0.05, 0.1) is 17.1 Å². The molecule has 1 aliphatic rings. The number of hydrogen-bond donors (Lipinski definition) is 0. The Morgan fingerprint density at radius 1 is 1.16 bits per heavy atom. The normalized spacial score (nSPS) is 21.5. The molecular formula is C15H13NO3. The molecule has 96 valence electrons. The topological polar surface area (TPSA) is 52.4 Å². The third kappa shape index (κ3) is 2.17. The summed E-state index contributed by atoms with van der Waals surface area (Å²) in [4.78, 5) is 10.5. The maximum Gasteiger partial charge on any atom is 0.359 e. The fraction of sp³-hybridized carbons (Fsp3) is 0.200. The molecule has 2 aromatic rings. The van der Waals surface area contributed by atoms with Gasteiger partial charge in [-0.1, -0.05) is 42.5 Å². The van der Waals surface area contributed by atoms with Crippen LogP contribution in [0.5, 0.6) is 0 Å². The molecule has 2 aromatic carbocycles. The maximum atomic E-state index is 10.9. The molecular weight excluding hydrogens is 242 g/mol. The second kappa shape index (κ2) is 4.72. The van der Waals surface area contributed by atoms with Crippen LogP contribution in [0, 0.1) is 16.0 Å². The Labute approximate surface area is 110 Å². The average Bonchev–Trinajstić information content (AvgIpc) is 2.87. The van der Waals surface area contributed by atoms with Crippen molar-refractivity contribution in [2.24, 2.45) is 5.92 Å². The zero-order valence-electron chi connectivity index (χ0n) is 10.2. The van der Waals surface area contributed by atoms with E-state index < -0.39 is 6.23 Å². The molecule has 19 heavy (non-hydrogen) atoms. The highest BCUT2D eigenvalue weighted by molar-refractivity contribution is 5.85. The molecule has 0 aromatic heterocycles. The smallest absolute Gasteiger partial charge is 0.359 e. The molecule has 0 N–H and O–H groups in total. The Kier molecular flexibility index (Phi) is 2.91. The van der Waals surface area contributed by atoms with Gasteiger partial charge in [0, 0.05) is 0 Å². The van der Waals surface area contributed by atoms with Crippen molar-refractivity contribution in [3.05, 3.63) is 70.5 Å². The van der Waals surface area contributed by atoms with E-state index in [1.54, 1.807) is 6.08 Å². The van der Waals surface area contributed by atoms with Gasteiger partial charge in [-0.3, -0.25) is 10.1 Å². The summed E-state index contributed by atoms with van der Waals surface area (Å²) in [6, 6.07) is 14.1. The van der Waals surface area contributed by atoms with E-state index in [-0.39, 0.29) is 10.8 Å². The molecule has 1 heterocycles. The summed E-state index contributed by atoms with van der Waals surface area (Å²) >= 11 is 0. The van der Waals surface area contributed by atoms with Crippen molar-refractivity contribution in [3.63, 3.8) is 0 Å². The van der Waals surface area contributed by atoms with Crippen molar-refractivity contribution < 1.29 is 9.66 Å². The van der Waals surface area contributed by atoms with Crippen LogP contribution < -0.4 is 0 Å². The lowest BCUT2D eigenvalue weighted by Gasteiger charge is -2.13. The minimum atomic E-state index is -0.959. The summed E-state index contributed by atoms with van der Waals surface area (Å²) < 4.78 is 5.03. The summed E-state index contributed by atoms with van der Waals surface area (Å²) in [5, 5.41) is 13.2. The summed E-state index contributed by atoms with van der Waals surface area (Å²) in [6.07, 6.45) is 2.86. The van der Waals surface area contributed by atoms with Gasteiger partial charge >= 0.3 is 6.23 Å². The van der Waals surface area contributed by atoms with E-state index in [9.17, 15) is 10.1 Å². The SMILES string of the molecule is O=[N+]([O-])[C@@H]1OC=C[C@H]1Cc1cccc2ccccc12. The minimum Gasteiger partial charge on any atom is -0.438 e. The van der Waals surface area contributed by atoms with Crippen LogP contribution in [0.3, 0.4) is 0 Å². The Morgan fingerprint density at radius 3 is 2.79 bits per heavy atom. The van der Waals surface area contributed by atoms with E-state index >= 15 is 0 Å². The van der Waals surface area contributed by atoms with Gasteiger partial charge in [-0.2, -0.15) is 0 Å². The van der Waals surface area contributed by atoms with Crippen molar-refractivity contribution in [3.8, 4) is 0 Å². The molecule has 0 unspecified atom stereocenters. The molecule has 0 radical (unpaired) electrons. The lowest BCUT2D eigenvalue weighted by Crippen LogP contribution is -2.27. The molecule has 3 rings (SSSR count). The second-order valence-electron chi connectivity index (χ2n) is 4.65. The van der Waals surface area contributed by atoms with Crippen LogP contribution in [-0.4, -0.2) is 11.2 Å². The Hall–Kier alpha value is -2.36. The lowest BCUT2D eigenvalue weighted by atomic mass is 9.94. The number of rotatable bonds is 3. The molecule has 4 nitrogen and oxygen atoms in total. The Morgan fingerprint density at radius 2 is 1.95 bits per heavy atom. The highest BCUT2D eigenvalue weighted by atomic mass is 16.7. The zero-order valence-corrected chi connectivity index (χ0v) is 10.2. The number of fused-ring (bicyclic) bond motifs is 1. The first-order valence-corrected chi connectivity index (χ1v) is 6.18. The maximum absolute atomic E-state index is 10.9. The molecule has 0 aliphatic carbocycles. The standard InChI is InChI=1S/C15H13NO3/c17-16(18)15-13(8-9-19-15)10-12-6-3-5-11-4-1-2-7-14(11)12/h1-9,13,15H,10H2/t13-,15+/m0/s1. The minimum absolute atomic E-state index is 0.208. The number of benzene rings is 2. The van der Waals surface area contributed by atoms with Crippen LogP contribution in [0.25, 0.3) is 10.8 Å². The molecule has 0 saturated heterocycles. The van der Waals surface area contributed by atoms with Crippen LogP contribution in [0.15, 0.2) is 54.8 Å². The first-order valence-electron chi connectivity index (χ1n) is 6.18. The number of nitrogens with zero attached hydrogens (tertiary/aromatic N) is 1. The quantitative estimate of drug-likeness (QED) is 0.625. The van der Waals surface area contributed by atoms with E-state index in [0.29, 0.717) is 6.42 Å².